The summed E-state index contributed by atoms with van der Waals surface area (Å²) < 4.78 is 0. The predicted molar refractivity (Wildman–Crippen MR) is 67.5 cm³/mol. The van der Waals surface area contributed by atoms with Gasteiger partial charge in [0.1, 0.15) is 0 Å². The highest BCUT2D eigenvalue weighted by atomic mass is 15.2. The Morgan fingerprint density at radius 1 is 1.06 bits per heavy atom. The van der Waals surface area contributed by atoms with Gasteiger partial charge >= 0.3 is 0 Å². The zero-order valence-corrected chi connectivity index (χ0v) is 10.8. The van der Waals surface area contributed by atoms with Gasteiger partial charge in [-0.25, -0.2) is 0 Å². The molecule has 0 bridgehead atoms. The topological polar surface area (TPSA) is 15.3 Å². The Balaban J connectivity index is 1.67. The predicted octanol–water partition coefficient (Wildman–Crippen LogP) is 2.11. The number of piperidine rings is 1. The summed E-state index contributed by atoms with van der Waals surface area (Å²) in [6.45, 7) is 10.1. The Morgan fingerprint density at radius 3 is 2.25 bits per heavy atom. The monoisotopic (exact) mass is 222 g/mol. The van der Waals surface area contributed by atoms with Crippen LogP contribution in [0.2, 0.25) is 0 Å². The number of nitrogens with one attached hydrogen (secondary N) is 1. The second-order valence-corrected chi connectivity index (χ2v) is 6.68. The third-order valence-electron chi connectivity index (χ3n) is 5.40. The van der Waals surface area contributed by atoms with Gasteiger partial charge < -0.3 is 5.32 Å². The molecule has 3 fully saturated rings. The summed E-state index contributed by atoms with van der Waals surface area (Å²) >= 11 is 0. The second-order valence-electron chi connectivity index (χ2n) is 6.68. The molecule has 1 aliphatic carbocycles. The van der Waals surface area contributed by atoms with Crippen molar-refractivity contribution >= 4 is 0 Å². The number of hydrogen-bond donors (Lipinski definition) is 1. The smallest absolute Gasteiger partial charge is 0.0171 e. The molecule has 2 heterocycles. The van der Waals surface area contributed by atoms with Crippen LogP contribution in [-0.2, 0) is 0 Å². The standard InChI is InChI=1S/C14H26N2/c1-11-8-15-9-12(2)13(11)16-7-6-14(10-16)4-3-5-14/h11-13,15H,3-10H2,1-2H3. The minimum absolute atomic E-state index is 0.768. The molecule has 0 radical (unpaired) electrons. The van der Waals surface area contributed by atoms with Crippen LogP contribution in [0.3, 0.4) is 0 Å². The van der Waals surface area contributed by atoms with E-state index in [1.807, 2.05) is 0 Å². The van der Waals surface area contributed by atoms with E-state index in [4.69, 9.17) is 0 Å². The average molecular weight is 222 g/mol. The first-order valence-electron chi connectivity index (χ1n) is 7.15. The van der Waals surface area contributed by atoms with Gasteiger partial charge in [-0.2, -0.15) is 0 Å². The van der Waals surface area contributed by atoms with E-state index in [0.29, 0.717) is 0 Å². The fourth-order valence-electron chi connectivity index (χ4n) is 4.37. The van der Waals surface area contributed by atoms with E-state index in [0.717, 1.165) is 23.3 Å². The first-order valence-corrected chi connectivity index (χ1v) is 7.15. The molecule has 1 spiro atoms. The van der Waals surface area contributed by atoms with Crippen LogP contribution in [0.15, 0.2) is 0 Å². The molecule has 1 N–H and O–H groups in total. The number of likely N-dealkylation sites (tertiary alicyclic amines) is 1. The van der Waals surface area contributed by atoms with Crippen molar-refractivity contribution in [2.45, 2.75) is 45.6 Å². The largest absolute Gasteiger partial charge is 0.316 e. The summed E-state index contributed by atoms with van der Waals surface area (Å²) in [5, 5.41) is 3.56. The molecule has 0 amide bonds. The van der Waals surface area contributed by atoms with Gasteiger partial charge in [-0.05, 0) is 56.1 Å². The van der Waals surface area contributed by atoms with Crippen LogP contribution >= 0.6 is 0 Å². The maximum atomic E-state index is 3.56. The summed E-state index contributed by atoms with van der Waals surface area (Å²) in [6.07, 6.45) is 6.00. The van der Waals surface area contributed by atoms with Crippen LogP contribution < -0.4 is 5.32 Å². The van der Waals surface area contributed by atoms with E-state index in [1.165, 1.54) is 51.9 Å². The lowest BCUT2D eigenvalue weighted by Gasteiger charge is -2.44. The Kier molecular flexibility index (Phi) is 2.75. The first-order chi connectivity index (χ1) is 7.70. The van der Waals surface area contributed by atoms with Gasteiger partial charge in [0.25, 0.3) is 0 Å². The van der Waals surface area contributed by atoms with Crippen LogP contribution in [0, 0.1) is 17.3 Å². The van der Waals surface area contributed by atoms with Crippen molar-refractivity contribution in [2.75, 3.05) is 26.2 Å². The summed E-state index contributed by atoms with van der Waals surface area (Å²) in [5.41, 5.74) is 0.768. The van der Waals surface area contributed by atoms with E-state index < -0.39 is 0 Å². The molecule has 3 aliphatic rings. The Morgan fingerprint density at radius 2 is 1.75 bits per heavy atom. The zero-order chi connectivity index (χ0) is 11.2. The van der Waals surface area contributed by atoms with Gasteiger partial charge in [-0.1, -0.05) is 20.3 Å². The minimum atomic E-state index is 0.768. The van der Waals surface area contributed by atoms with E-state index in [2.05, 4.69) is 24.1 Å². The van der Waals surface area contributed by atoms with Crippen molar-refractivity contribution < 1.29 is 0 Å². The molecule has 2 atom stereocenters. The second kappa shape index (κ2) is 3.99. The van der Waals surface area contributed by atoms with Crippen molar-refractivity contribution in [3.8, 4) is 0 Å². The third-order valence-corrected chi connectivity index (χ3v) is 5.40. The average Bonchev–Trinajstić information content (AvgIpc) is 2.62. The molecule has 0 aromatic carbocycles. The molecular formula is C14H26N2. The summed E-state index contributed by atoms with van der Waals surface area (Å²) in [7, 11) is 0. The molecule has 2 unspecified atom stereocenters. The molecule has 92 valence electrons. The lowest BCUT2D eigenvalue weighted by Crippen LogP contribution is -2.53. The molecule has 2 aliphatic heterocycles. The minimum Gasteiger partial charge on any atom is -0.316 e. The Hall–Kier alpha value is -0.0800. The van der Waals surface area contributed by atoms with Crippen LogP contribution in [0.4, 0.5) is 0 Å². The van der Waals surface area contributed by atoms with Crippen molar-refractivity contribution in [3.05, 3.63) is 0 Å². The van der Waals surface area contributed by atoms with Gasteiger partial charge in [0.15, 0.2) is 0 Å². The highest BCUT2D eigenvalue weighted by Gasteiger charge is 2.46. The van der Waals surface area contributed by atoms with Crippen LogP contribution in [0.1, 0.15) is 39.5 Å². The Labute approximate surface area is 99.8 Å². The molecular weight excluding hydrogens is 196 g/mol. The highest BCUT2D eigenvalue weighted by molar-refractivity contribution is 5.00. The quantitative estimate of drug-likeness (QED) is 0.731. The number of nitrogens with zero attached hydrogens (tertiary/aromatic N) is 1. The van der Waals surface area contributed by atoms with E-state index in [-0.39, 0.29) is 0 Å². The lowest BCUT2D eigenvalue weighted by atomic mass is 9.68. The van der Waals surface area contributed by atoms with Crippen molar-refractivity contribution in [3.63, 3.8) is 0 Å². The third kappa shape index (κ3) is 1.70. The first kappa shape index (κ1) is 11.0. The summed E-state index contributed by atoms with van der Waals surface area (Å²) in [4.78, 5) is 2.83. The summed E-state index contributed by atoms with van der Waals surface area (Å²) in [5.74, 6) is 1.66. The van der Waals surface area contributed by atoms with Gasteiger partial charge in [-0.15, -0.1) is 0 Å². The van der Waals surface area contributed by atoms with E-state index in [1.54, 1.807) is 0 Å². The van der Waals surface area contributed by atoms with Crippen LogP contribution in [0.5, 0.6) is 0 Å². The van der Waals surface area contributed by atoms with Crippen LogP contribution in [0.25, 0.3) is 0 Å². The van der Waals surface area contributed by atoms with Crippen molar-refractivity contribution in [1.82, 2.24) is 10.2 Å². The SMILES string of the molecule is CC1CNCC(C)C1N1CCC2(CCC2)C1. The van der Waals surface area contributed by atoms with Gasteiger partial charge in [0.05, 0.1) is 0 Å². The van der Waals surface area contributed by atoms with Gasteiger partial charge in [0.2, 0.25) is 0 Å². The molecule has 3 rings (SSSR count). The van der Waals surface area contributed by atoms with E-state index in [9.17, 15) is 0 Å². The molecule has 2 saturated heterocycles. The fourth-order valence-corrected chi connectivity index (χ4v) is 4.37. The molecule has 0 aromatic rings. The number of hydrogen-bond acceptors (Lipinski definition) is 2. The van der Waals surface area contributed by atoms with E-state index >= 15 is 0 Å². The molecule has 2 heteroatoms. The van der Waals surface area contributed by atoms with Gasteiger partial charge in [0, 0.05) is 12.6 Å². The molecule has 1 saturated carbocycles. The fraction of sp³-hybridized carbons (Fsp3) is 1.00. The van der Waals surface area contributed by atoms with Gasteiger partial charge in [-0.3, -0.25) is 4.90 Å². The van der Waals surface area contributed by atoms with Crippen LogP contribution in [-0.4, -0.2) is 37.1 Å². The van der Waals surface area contributed by atoms with Crippen molar-refractivity contribution in [2.24, 2.45) is 17.3 Å². The molecule has 0 aromatic heterocycles. The number of rotatable bonds is 1. The highest BCUT2D eigenvalue weighted by Crippen LogP contribution is 2.49. The lowest BCUT2D eigenvalue weighted by molar-refractivity contribution is 0.0685. The summed E-state index contributed by atoms with van der Waals surface area (Å²) in [6, 6.07) is 0.848. The molecule has 16 heavy (non-hydrogen) atoms. The molecule has 2 nitrogen and oxygen atoms in total. The normalized spacial score (nSPS) is 43.5. The maximum absolute atomic E-state index is 3.56. The van der Waals surface area contributed by atoms with Crippen molar-refractivity contribution in [1.29, 1.82) is 0 Å². The zero-order valence-electron chi connectivity index (χ0n) is 10.8. The Bertz CT molecular complexity index is 249. The maximum Gasteiger partial charge on any atom is 0.0171 e.